The highest BCUT2D eigenvalue weighted by atomic mass is 14.2. The van der Waals surface area contributed by atoms with Crippen LogP contribution in [0.4, 0.5) is 0 Å². The third-order valence-corrected chi connectivity index (χ3v) is 3.45. The van der Waals surface area contributed by atoms with Crippen LogP contribution in [0, 0.1) is 18.3 Å². The zero-order valence-corrected chi connectivity index (χ0v) is 12.1. The highest BCUT2D eigenvalue weighted by Crippen LogP contribution is 2.24. The largest absolute Gasteiger partial charge is 0.0654 e. The fourth-order valence-electron chi connectivity index (χ4n) is 2.45. The molecule has 0 fully saturated rings. The molecule has 0 saturated carbocycles. The van der Waals surface area contributed by atoms with Gasteiger partial charge in [-0.1, -0.05) is 85.5 Å². The predicted octanol–water partition coefficient (Wildman–Crippen LogP) is 6.01. The van der Waals surface area contributed by atoms with Crippen LogP contribution in [0.5, 0.6) is 0 Å². The van der Waals surface area contributed by atoms with E-state index >= 15 is 0 Å². The van der Waals surface area contributed by atoms with Crippen LogP contribution < -0.4 is 0 Å². The summed E-state index contributed by atoms with van der Waals surface area (Å²) in [4.78, 5) is 0. The second-order valence-electron chi connectivity index (χ2n) is 5.36. The van der Waals surface area contributed by atoms with Crippen LogP contribution >= 0.6 is 0 Å². The summed E-state index contributed by atoms with van der Waals surface area (Å²) in [5.74, 6) is 1.72. The molecule has 0 saturated heterocycles. The molecule has 2 atom stereocenters. The Kier molecular flexibility index (Phi) is 11.5. The third kappa shape index (κ3) is 9.24. The van der Waals surface area contributed by atoms with Gasteiger partial charge in [0, 0.05) is 0 Å². The van der Waals surface area contributed by atoms with Gasteiger partial charge in [0.05, 0.1) is 0 Å². The fraction of sp³-hybridized carbons (Fsp3) is 0.938. The Morgan fingerprint density at radius 3 is 2.00 bits per heavy atom. The molecule has 0 aliphatic heterocycles. The summed E-state index contributed by atoms with van der Waals surface area (Å²) in [6.45, 7) is 9.31. The van der Waals surface area contributed by atoms with Crippen molar-refractivity contribution in [1.82, 2.24) is 0 Å². The van der Waals surface area contributed by atoms with E-state index in [-0.39, 0.29) is 0 Å². The van der Waals surface area contributed by atoms with Crippen molar-refractivity contribution in [2.75, 3.05) is 0 Å². The molecule has 2 unspecified atom stereocenters. The zero-order valence-electron chi connectivity index (χ0n) is 12.1. The monoisotopic (exact) mass is 225 g/mol. The van der Waals surface area contributed by atoms with E-state index in [0.717, 1.165) is 11.8 Å². The van der Waals surface area contributed by atoms with Crippen molar-refractivity contribution in [1.29, 1.82) is 0 Å². The van der Waals surface area contributed by atoms with Gasteiger partial charge in [-0.3, -0.25) is 0 Å². The molecule has 0 N–H and O–H groups in total. The molecule has 16 heavy (non-hydrogen) atoms. The molecular formula is C16H33. The Balaban J connectivity index is 3.68. The van der Waals surface area contributed by atoms with E-state index in [9.17, 15) is 0 Å². The number of hydrogen-bond donors (Lipinski definition) is 0. The summed E-state index contributed by atoms with van der Waals surface area (Å²) in [5.41, 5.74) is 0. The van der Waals surface area contributed by atoms with E-state index in [2.05, 4.69) is 34.1 Å². The average Bonchev–Trinajstić information content (AvgIpc) is 2.26. The van der Waals surface area contributed by atoms with Gasteiger partial charge >= 0.3 is 0 Å². The Labute approximate surface area is 104 Å². The van der Waals surface area contributed by atoms with Gasteiger partial charge in [0.1, 0.15) is 0 Å². The van der Waals surface area contributed by atoms with E-state index in [1.54, 1.807) is 0 Å². The molecule has 0 aromatic heterocycles. The highest BCUT2D eigenvalue weighted by molar-refractivity contribution is 4.81. The van der Waals surface area contributed by atoms with Crippen LogP contribution in [0.15, 0.2) is 0 Å². The zero-order chi connectivity index (χ0) is 12.2. The molecule has 0 aromatic carbocycles. The van der Waals surface area contributed by atoms with Crippen molar-refractivity contribution in [3.63, 3.8) is 0 Å². The Hall–Kier alpha value is 0. The number of rotatable bonds is 11. The maximum atomic E-state index is 2.65. The maximum absolute atomic E-state index is 2.65. The molecule has 0 heteroatoms. The second-order valence-corrected chi connectivity index (χ2v) is 5.36. The SMILES string of the molecule is CCCCCC(C)[CH]C(CCC)CCCC. The van der Waals surface area contributed by atoms with E-state index < -0.39 is 0 Å². The topological polar surface area (TPSA) is 0 Å². The van der Waals surface area contributed by atoms with Gasteiger partial charge in [-0.05, 0) is 18.3 Å². The summed E-state index contributed by atoms with van der Waals surface area (Å²) >= 11 is 0. The van der Waals surface area contributed by atoms with Gasteiger partial charge in [-0.15, -0.1) is 0 Å². The molecule has 0 aliphatic rings. The first-order valence-electron chi connectivity index (χ1n) is 7.59. The quantitative estimate of drug-likeness (QED) is 0.377. The van der Waals surface area contributed by atoms with Crippen LogP contribution in [-0.4, -0.2) is 0 Å². The fourth-order valence-corrected chi connectivity index (χ4v) is 2.45. The smallest absolute Gasteiger partial charge is 0.0326 e. The first-order chi connectivity index (χ1) is 7.74. The van der Waals surface area contributed by atoms with Crippen LogP contribution in [0.3, 0.4) is 0 Å². The molecule has 1 radical (unpaired) electrons. The van der Waals surface area contributed by atoms with Gasteiger partial charge in [0.15, 0.2) is 0 Å². The maximum Gasteiger partial charge on any atom is -0.0326 e. The van der Waals surface area contributed by atoms with Crippen LogP contribution in [0.25, 0.3) is 0 Å². The van der Waals surface area contributed by atoms with Crippen molar-refractivity contribution < 1.29 is 0 Å². The highest BCUT2D eigenvalue weighted by Gasteiger charge is 2.12. The van der Waals surface area contributed by atoms with E-state index in [0.29, 0.717) is 0 Å². The van der Waals surface area contributed by atoms with Crippen LogP contribution in [0.1, 0.15) is 85.5 Å². The Morgan fingerprint density at radius 2 is 1.44 bits per heavy atom. The summed E-state index contributed by atoms with van der Waals surface area (Å²) in [7, 11) is 0. The average molecular weight is 225 g/mol. The van der Waals surface area contributed by atoms with E-state index in [4.69, 9.17) is 0 Å². The van der Waals surface area contributed by atoms with Crippen LogP contribution in [0.2, 0.25) is 0 Å². The molecule has 0 bridgehead atoms. The normalized spacial score (nSPS) is 15.0. The van der Waals surface area contributed by atoms with Crippen molar-refractivity contribution in [3.05, 3.63) is 6.42 Å². The minimum absolute atomic E-state index is 0.833. The first-order valence-corrected chi connectivity index (χ1v) is 7.59. The van der Waals surface area contributed by atoms with Crippen molar-refractivity contribution in [3.8, 4) is 0 Å². The molecule has 0 amide bonds. The van der Waals surface area contributed by atoms with Gasteiger partial charge < -0.3 is 0 Å². The third-order valence-electron chi connectivity index (χ3n) is 3.45. The van der Waals surface area contributed by atoms with Gasteiger partial charge in [0.2, 0.25) is 0 Å². The summed E-state index contributed by atoms with van der Waals surface area (Å²) in [6.07, 6.45) is 15.1. The molecule has 0 spiro atoms. The molecule has 0 aliphatic carbocycles. The standard InChI is InChI=1S/C16H33/c1-5-8-10-12-15(4)14-16(11-7-3)13-9-6-2/h14-16H,5-13H2,1-4H3. The lowest BCUT2D eigenvalue weighted by atomic mass is 9.86. The molecule has 97 valence electrons. The lowest BCUT2D eigenvalue weighted by molar-refractivity contribution is 0.416. The summed E-state index contributed by atoms with van der Waals surface area (Å²) in [6, 6.07) is 0. The molecular weight excluding hydrogens is 192 g/mol. The molecule has 0 aromatic rings. The Morgan fingerprint density at radius 1 is 0.750 bits per heavy atom. The first kappa shape index (κ1) is 16.0. The summed E-state index contributed by atoms with van der Waals surface area (Å²) in [5, 5.41) is 0. The van der Waals surface area contributed by atoms with Crippen molar-refractivity contribution in [2.24, 2.45) is 11.8 Å². The van der Waals surface area contributed by atoms with Crippen LogP contribution in [-0.2, 0) is 0 Å². The van der Waals surface area contributed by atoms with Crippen molar-refractivity contribution in [2.45, 2.75) is 85.5 Å². The number of hydrogen-bond acceptors (Lipinski definition) is 0. The summed E-state index contributed by atoms with van der Waals surface area (Å²) < 4.78 is 0. The number of unbranched alkanes of at least 4 members (excludes halogenated alkanes) is 3. The minimum atomic E-state index is 0.833. The van der Waals surface area contributed by atoms with E-state index in [1.165, 1.54) is 57.8 Å². The lowest BCUT2D eigenvalue weighted by Gasteiger charge is -2.20. The van der Waals surface area contributed by atoms with Gasteiger partial charge in [0.25, 0.3) is 0 Å². The molecule has 0 rings (SSSR count). The lowest BCUT2D eigenvalue weighted by Crippen LogP contribution is -2.08. The predicted molar refractivity (Wildman–Crippen MR) is 75.5 cm³/mol. The minimum Gasteiger partial charge on any atom is -0.0654 e. The van der Waals surface area contributed by atoms with Gasteiger partial charge in [-0.25, -0.2) is 0 Å². The molecule has 0 nitrogen and oxygen atoms in total. The Bertz CT molecular complexity index is 128. The van der Waals surface area contributed by atoms with E-state index in [1.807, 2.05) is 0 Å². The van der Waals surface area contributed by atoms with Crippen molar-refractivity contribution >= 4 is 0 Å². The second kappa shape index (κ2) is 11.5. The molecule has 0 heterocycles. The van der Waals surface area contributed by atoms with Gasteiger partial charge in [-0.2, -0.15) is 0 Å².